The van der Waals surface area contributed by atoms with Crippen LogP contribution < -0.4 is 5.32 Å². The molecule has 0 saturated carbocycles. The van der Waals surface area contributed by atoms with Crippen molar-refractivity contribution < 1.29 is 23.5 Å². The first kappa shape index (κ1) is 23.8. The van der Waals surface area contributed by atoms with Gasteiger partial charge in [-0.1, -0.05) is 41.9 Å². The first-order valence-electron chi connectivity index (χ1n) is 10.3. The number of aliphatic carboxylic acids is 1. The molecule has 9 heteroatoms. The second-order valence-corrected chi connectivity index (χ2v) is 8.05. The van der Waals surface area contributed by atoms with E-state index in [4.69, 9.17) is 16.9 Å². The second-order valence-electron chi connectivity index (χ2n) is 7.64. The van der Waals surface area contributed by atoms with Gasteiger partial charge in [0.2, 0.25) is 0 Å². The van der Waals surface area contributed by atoms with Gasteiger partial charge in [0.05, 0.1) is 17.1 Å². The topological polar surface area (TPSA) is 103 Å². The van der Waals surface area contributed by atoms with E-state index in [9.17, 15) is 23.5 Å². The number of rotatable bonds is 6. The molecule has 1 atom stereocenters. The highest BCUT2D eigenvalue weighted by Gasteiger charge is 2.26. The summed E-state index contributed by atoms with van der Waals surface area (Å²) in [6.45, 7) is 0. The first-order chi connectivity index (χ1) is 16.8. The predicted molar refractivity (Wildman–Crippen MR) is 126 cm³/mol. The number of hydrogen-bond donors (Lipinski definition) is 2. The van der Waals surface area contributed by atoms with E-state index in [2.05, 4.69) is 10.3 Å². The highest BCUT2D eigenvalue weighted by atomic mass is 35.5. The van der Waals surface area contributed by atoms with Gasteiger partial charge in [-0.2, -0.15) is 5.26 Å². The minimum atomic E-state index is -1.46. The molecule has 0 bridgehead atoms. The smallest absolute Gasteiger partial charge is 0.326 e. The Hall–Kier alpha value is -4.35. The van der Waals surface area contributed by atoms with Gasteiger partial charge in [-0.3, -0.25) is 9.78 Å². The van der Waals surface area contributed by atoms with Crippen LogP contribution in [0.1, 0.15) is 21.5 Å². The lowest BCUT2D eigenvalue weighted by molar-refractivity contribution is -0.139. The highest BCUT2D eigenvalue weighted by Crippen LogP contribution is 2.34. The molecule has 3 aromatic carbocycles. The predicted octanol–water partition coefficient (Wildman–Crippen LogP) is 5.13. The monoisotopic (exact) mass is 491 g/mol. The third kappa shape index (κ3) is 4.81. The summed E-state index contributed by atoms with van der Waals surface area (Å²) in [7, 11) is 0. The number of carbonyl (C=O) groups excluding carboxylic acids is 1. The number of carboxylic acids is 1. The maximum Gasteiger partial charge on any atom is 0.326 e. The summed E-state index contributed by atoms with van der Waals surface area (Å²) >= 11 is 6.38. The standard InChI is InChI=1S/C26H16ClF2N3O3/c27-19-11-14(13-30)6-8-17(19)18-9-7-15(16-3-2-10-31-24(16)18)12-22(26(34)35)32-25(33)23-20(28)4-1-5-21(23)29/h1-11,22H,12H2,(H,32,33)(H,34,35). The van der Waals surface area contributed by atoms with Gasteiger partial charge in [0.15, 0.2) is 0 Å². The molecule has 174 valence electrons. The van der Waals surface area contributed by atoms with Gasteiger partial charge >= 0.3 is 5.97 Å². The maximum absolute atomic E-state index is 14.0. The average Bonchev–Trinajstić information content (AvgIpc) is 2.83. The lowest BCUT2D eigenvalue weighted by Crippen LogP contribution is -2.43. The minimum Gasteiger partial charge on any atom is -0.480 e. The number of carboxylic acid groups (broad SMARTS) is 1. The molecule has 0 saturated heterocycles. The van der Waals surface area contributed by atoms with Gasteiger partial charge in [-0.15, -0.1) is 0 Å². The van der Waals surface area contributed by atoms with Crippen molar-refractivity contribution in [3.63, 3.8) is 0 Å². The number of carbonyl (C=O) groups is 2. The molecule has 4 aromatic rings. The first-order valence-corrected chi connectivity index (χ1v) is 10.7. The molecule has 6 nitrogen and oxygen atoms in total. The van der Waals surface area contributed by atoms with E-state index in [1.165, 1.54) is 6.07 Å². The fourth-order valence-corrected chi connectivity index (χ4v) is 4.08. The highest BCUT2D eigenvalue weighted by molar-refractivity contribution is 6.33. The number of pyridine rings is 1. The molecule has 1 unspecified atom stereocenters. The van der Waals surface area contributed by atoms with E-state index in [1.807, 2.05) is 6.07 Å². The summed E-state index contributed by atoms with van der Waals surface area (Å²) in [5.74, 6) is -4.72. The van der Waals surface area contributed by atoms with E-state index in [0.717, 1.165) is 18.2 Å². The van der Waals surface area contributed by atoms with E-state index in [0.29, 0.717) is 38.2 Å². The maximum atomic E-state index is 14.0. The molecule has 0 aliphatic rings. The van der Waals surface area contributed by atoms with Crippen molar-refractivity contribution in [1.29, 1.82) is 5.26 Å². The summed E-state index contributed by atoms with van der Waals surface area (Å²) in [6.07, 6.45) is 1.41. The Morgan fingerprint density at radius 2 is 1.77 bits per heavy atom. The summed E-state index contributed by atoms with van der Waals surface area (Å²) < 4.78 is 28.0. The Morgan fingerprint density at radius 3 is 2.43 bits per heavy atom. The number of halogens is 3. The van der Waals surface area contributed by atoms with Crippen molar-refractivity contribution >= 4 is 34.4 Å². The van der Waals surface area contributed by atoms with Crippen LogP contribution in [0.3, 0.4) is 0 Å². The Bertz CT molecular complexity index is 1500. The molecule has 0 aliphatic carbocycles. The van der Waals surface area contributed by atoms with Crippen LogP contribution in [-0.2, 0) is 11.2 Å². The van der Waals surface area contributed by atoms with Gasteiger partial charge in [-0.25, -0.2) is 13.6 Å². The summed E-state index contributed by atoms with van der Waals surface area (Å²) in [6, 6.07) is 15.2. The van der Waals surface area contributed by atoms with Crippen molar-refractivity contribution in [2.24, 2.45) is 0 Å². The molecule has 1 aromatic heterocycles. The number of nitriles is 1. The Labute approximate surface area is 203 Å². The molecule has 1 heterocycles. The molecule has 0 aliphatic heterocycles. The minimum absolute atomic E-state index is 0.166. The van der Waals surface area contributed by atoms with Crippen LogP contribution in [0.15, 0.2) is 66.9 Å². The molecular weight excluding hydrogens is 476 g/mol. The quantitative estimate of drug-likeness (QED) is 0.389. The number of aromatic nitrogens is 1. The fraction of sp³-hybridized carbons (Fsp3) is 0.0769. The molecule has 0 radical (unpaired) electrons. The van der Waals surface area contributed by atoms with Gasteiger partial charge in [0, 0.05) is 34.2 Å². The largest absolute Gasteiger partial charge is 0.480 e. The van der Waals surface area contributed by atoms with Crippen molar-refractivity contribution in [3.05, 3.63) is 100 Å². The lowest BCUT2D eigenvalue weighted by atomic mass is 9.94. The zero-order valence-electron chi connectivity index (χ0n) is 17.9. The number of nitrogens with one attached hydrogen (secondary N) is 1. The van der Waals surface area contributed by atoms with E-state index in [1.54, 1.807) is 42.6 Å². The molecule has 0 fully saturated rings. The molecule has 4 rings (SSSR count). The van der Waals surface area contributed by atoms with Crippen LogP contribution >= 0.6 is 11.6 Å². The number of fused-ring (bicyclic) bond motifs is 1. The van der Waals surface area contributed by atoms with Gasteiger partial charge < -0.3 is 10.4 Å². The van der Waals surface area contributed by atoms with Crippen LogP contribution in [0.5, 0.6) is 0 Å². The van der Waals surface area contributed by atoms with Crippen LogP contribution in [-0.4, -0.2) is 28.0 Å². The molecule has 2 N–H and O–H groups in total. The van der Waals surface area contributed by atoms with Crippen LogP contribution in [0, 0.1) is 23.0 Å². The number of amides is 1. The Morgan fingerprint density at radius 1 is 1.06 bits per heavy atom. The summed E-state index contributed by atoms with van der Waals surface area (Å²) in [5.41, 5.74) is 1.94. The number of nitrogens with zero attached hydrogens (tertiary/aromatic N) is 2. The zero-order valence-corrected chi connectivity index (χ0v) is 18.7. The molecule has 0 spiro atoms. The van der Waals surface area contributed by atoms with Crippen molar-refractivity contribution in [2.45, 2.75) is 12.5 Å². The fourth-order valence-electron chi connectivity index (χ4n) is 3.80. The van der Waals surface area contributed by atoms with E-state index in [-0.39, 0.29) is 6.42 Å². The van der Waals surface area contributed by atoms with Crippen LogP contribution in [0.2, 0.25) is 5.02 Å². The van der Waals surface area contributed by atoms with E-state index < -0.39 is 35.1 Å². The second kappa shape index (κ2) is 9.87. The average molecular weight is 492 g/mol. The normalized spacial score (nSPS) is 11.6. The van der Waals surface area contributed by atoms with Gasteiger partial charge in [0.1, 0.15) is 23.2 Å². The molecule has 1 amide bonds. The summed E-state index contributed by atoms with van der Waals surface area (Å²) in [5, 5.41) is 22.0. The van der Waals surface area contributed by atoms with Crippen molar-refractivity contribution in [3.8, 4) is 17.2 Å². The number of hydrogen-bond acceptors (Lipinski definition) is 4. The Balaban J connectivity index is 1.71. The van der Waals surface area contributed by atoms with Crippen molar-refractivity contribution in [1.82, 2.24) is 10.3 Å². The van der Waals surface area contributed by atoms with Crippen LogP contribution in [0.25, 0.3) is 22.0 Å². The van der Waals surface area contributed by atoms with Crippen LogP contribution in [0.4, 0.5) is 8.78 Å². The Kier molecular flexibility index (Phi) is 6.71. The SMILES string of the molecule is N#Cc1ccc(-c2ccc(CC(NC(=O)c3c(F)cccc3F)C(=O)O)c3cccnc23)c(Cl)c1. The van der Waals surface area contributed by atoms with Gasteiger partial charge in [-0.05, 0) is 35.9 Å². The lowest BCUT2D eigenvalue weighted by Gasteiger charge is -2.17. The number of benzene rings is 3. The molecule has 35 heavy (non-hydrogen) atoms. The third-order valence-corrected chi connectivity index (χ3v) is 5.78. The molecular formula is C26H16ClF2N3O3. The van der Waals surface area contributed by atoms with Gasteiger partial charge in [0.25, 0.3) is 5.91 Å². The van der Waals surface area contributed by atoms with E-state index >= 15 is 0 Å². The third-order valence-electron chi connectivity index (χ3n) is 5.47. The van der Waals surface area contributed by atoms with Crippen molar-refractivity contribution in [2.75, 3.05) is 0 Å². The summed E-state index contributed by atoms with van der Waals surface area (Å²) in [4.78, 5) is 28.8. The zero-order chi connectivity index (χ0) is 25.1.